The van der Waals surface area contributed by atoms with Gasteiger partial charge in [0.2, 0.25) is 0 Å². The van der Waals surface area contributed by atoms with Gasteiger partial charge in [-0.3, -0.25) is 9.59 Å². The van der Waals surface area contributed by atoms with Crippen molar-refractivity contribution >= 4 is 29.1 Å². The number of hydrogen-bond acceptors (Lipinski definition) is 3. The fraction of sp³-hybridized carbons (Fsp3) is 0.278. The van der Waals surface area contributed by atoms with Gasteiger partial charge in [-0.25, -0.2) is 4.79 Å². The Bertz CT molecular complexity index is 837. The number of aromatic nitrogens is 1. The van der Waals surface area contributed by atoms with E-state index in [9.17, 15) is 14.4 Å². The van der Waals surface area contributed by atoms with Crippen LogP contribution in [0.5, 0.6) is 0 Å². The summed E-state index contributed by atoms with van der Waals surface area (Å²) >= 11 is 0. The molecule has 0 spiro atoms. The second kappa shape index (κ2) is 6.80. The van der Waals surface area contributed by atoms with E-state index in [1.54, 1.807) is 31.2 Å². The van der Waals surface area contributed by atoms with Crippen LogP contribution in [-0.2, 0) is 6.42 Å². The molecule has 0 atom stereocenters. The molecule has 0 saturated carbocycles. The van der Waals surface area contributed by atoms with Gasteiger partial charge in [-0.2, -0.15) is 0 Å². The van der Waals surface area contributed by atoms with E-state index in [1.807, 2.05) is 0 Å². The number of amides is 3. The number of rotatable bonds is 3. The maximum atomic E-state index is 12.5. The first-order chi connectivity index (χ1) is 12.0. The molecule has 1 aromatic heterocycles. The lowest BCUT2D eigenvalue weighted by Crippen LogP contribution is -2.24. The zero-order valence-electron chi connectivity index (χ0n) is 14.2. The van der Waals surface area contributed by atoms with Gasteiger partial charge in [0.25, 0.3) is 5.91 Å². The van der Waals surface area contributed by atoms with Crippen LogP contribution < -0.4 is 16.0 Å². The van der Waals surface area contributed by atoms with Gasteiger partial charge in [0.05, 0.1) is 0 Å². The monoisotopic (exact) mass is 340 g/mol. The normalized spacial score (nSPS) is 13.1. The van der Waals surface area contributed by atoms with E-state index in [-0.39, 0.29) is 17.7 Å². The molecule has 25 heavy (non-hydrogen) atoms. The second-order valence-electron chi connectivity index (χ2n) is 5.99. The van der Waals surface area contributed by atoms with Gasteiger partial charge < -0.3 is 20.9 Å². The summed E-state index contributed by atoms with van der Waals surface area (Å²) in [5.74, 6) is -0.189. The molecule has 0 radical (unpaired) electrons. The van der Waals surface area contributed by atoms with Gasteiger partial charge >= 0.3 is 6.03 Å². The average Bonchev–Trinajstić information content (AvgIpc) is 2.95. The third-order valence-corrected chi connectivity index (χ3v) is 4.29. The number of aromatic amines is 1. The van der Waals surface area contributed by atoms with E-state index in [1.165, 1.54) is 7.05 Å². The first-order valence-corrected chi connectivity index (χ1v) is 8.14. The third-order valence-electron chi connectivity index (χ3n) is 4.29. The number of carbonyl (C=O) groups is 3. The number of H-pyrrole nitrogens is 1. The van der Waals surface area contributed by atoms with Gasteiger partial charge in [-0.1, -0.05) is 0 Å². The predicted octanol–water partition coefficient (Wildman–Crippen LogP) is 2.85. The van der Waals surface area contributed by atoms with Crippen LogP contribution in [0.2, 0.25) is 0 Å². The summed E-state index contributed by atoms with van der Waals surface area (Å²) in [5.41, 5.74) is 3.87. The topological polar surface area (TPSA) is 103 Å². The van der Waals surface area contributed by atoms with Crippen molar-refractivity contribution in [2.45, 2.75) is 26.2 Å². The van der Waals surface area contributed by atoms with E-state index >= 15 is 0 Å². The highest BCUT2D eigenvalue weighted by Crippen LogP contribution is 2.27. The number of carbonyl (C=O) groups excluding carboxylic acids is 3. The molecule has 3 rings (SSSR count). The number of hydrogen-bond donors (Lipinski definition) is 4. The first-order valence-electron chi connectivity index (χ1n) is 8.14. The highest BCUT2D eigenvalue weighted by molar-refractivity contribution is 6.08. The molecule has 2 aromatic rings. The summed E-state index contributed by atoms with van der Waals surface area (Å²) in [6, 6.07) is 6.48. The average molecular weight is 340 g/mol. The van der Waals surface area contributed by atoms with Gasteiger partial charge in [0, 0.05) is 36.1 Å². The Morgan fingerprint density at radius 3 is 2.28 bits per heavy atom. The summed E-state index contributed by atoms with van der Waals surface area (Å²) < 4.78 is 0. The lowest BCUT2D eigenvalue weighted by atomic mass is 9.94. The third kappa shape index (κ3) is 3.40. The zero-order chi connectivity index (χ0) is 18.0. The first kappa shape index (κ1) is 16.8. The van der Waals surface area contributed by atoms with Crippen molar-refractivity contribution in [2.24, 2.45) is 0 Å². The van der Waals surface area contributed by atoms with Crippen LogP contribution in [-0.4, -0.2) is 29.8 Å². The largest absolute Gasteiger partial charge is 0.354 e. The lowest BCUT2D eigenvalue weighted by Gasteiger charge is -2.09. The standard InChI is InChI=1S/C18H20N4O3/c1-10-15-13(4-3-5-14(15)23)22-16(10)17(24)20-11-6-8-12(9-7-11)21-18(25)19-2/h6-9,22H,3-5H2,1-2H3,(H,20,24)(H2,19,21,25). The van der Waals surface area contributed by atoms with E-state index < -0.39 is 0 Å². The number of fused-ring (bicyclic) bond motifs is 1. The van der Waals surface area contributed by atoms with Crippen molar-refractivity contribution in [3.8, 4) is 0 Å². The van der Waals surface area contributed by atoms with Crippen LogP contribution in [0.4, 0.5) is 16.2 Å². The van der Waals surface area contributed by atoms with Crippen LogP contribution in [0, 0.1) is 6.92 Å². The number of ketones is 1. The highest BCUT2D eigenvalue weighted by atomic mass is 16.2. The molecule has 1 aromatic carbocycles. The predicted molar refractivity (Wildman–Crippen MR) is 95.3 cm³/mol. The maximum Gasteiger partial charge on any atom is 0.318 e. The Hall–Kier alpha value is -3.09. The molecule has 7 nitrogen and oxygen atoms in total. The van der Waals surface area contributed by atoms with Crippen molar-refractivity contribution in [1.29, 1.82) is 0 Å². The Labute approximate surface area is 145 Å². The molecule has 0 fully saturated rings. The number of benzene rings is 1. The van der Waals surface area contributed by atoms with Crippen molar-refractivity contribution in [2.75, 3.05) is 17.7 Å². The second-order valence-corrected chi connectivity index (χ2v) is 5.99. The molecular formula is C18H20N4O3. The minimum absolute atomic E-state index is 0.0960. The molecule has 4 N–H and O–H groups in total. The number of Topliss-reactive ketones (excluding diaryl/α,β-unsaturated/α-hetero) is 1. The summed E-state index contributed by atoms with van der Waals surface area (Å²) in [5, 5.41) is 7.92. The number of aryl methyl sites for hydroxylation is 1. The Balaban J connectivity index is 1.75. The SMILES string of the molecule is CNC(=O)Nc1ccc(NC(=O)c2[nH]c3c(c2C)C(=O)CCC3)cc1. The molecule has 0 bridgehead atoms. The lowest BCUT2D eigenvalue weighted by molar-refractivity contribution is 0.0971. The number of anilines is 2. The summed E-state index contributed by atoms with van der Waals surface area (Å²) in [4.78, 5) is 39.0. The number of nitrogens with one attached hydrogen (secondary N) is 4. The van der Waals surface area contributed by atoms with Crippen LogP contribution >= 0.6 is 0 Å². The van der Waals surface area contributed by atoms with Gasteiger partial charge in [-0.05, 0) is 49.6 Å². The Morgan fingerprint density at radius 1 is 1.04 bits per heavy atom. The fourth-order valence-corrected chi connectivity index (χ4v) is 3.03. The minimum Gasteiger partial charge on any atom is -0.354 e. The van der Waals surface area contributed by atoms with Gasteiger partial charge in [-0.15, -0.1) is 0 Å². The fourth-order valence-electron chi connectivity index (χ4n) is 3.03. The van der Waals surface area contributed by atoms with Gasteiger partial charge in [0.1, 0.15) is 5.69 Å². The minimum atomic E-state index is -0.311. The molecule has 3 amide bonds. The van der Waals surface area contributed by atoms with Crippen LogP contribution in [0.15, 0.2) is 24.3 Å². The number of urea groups is 1. The summed E-state index contributed by atoms with van der Waals surface area (Å²) in [7, 11) is 1.53. The van der Waals surface area contributed by atoms with E-state index in [2.05, 4.69) is 20.9 Å². The molecule has 130 valence electrons. The zero-order valence-corrected chi connectivity index (χ0v) is 14.2. The summed E-state index contributed by atoms with van der Waals surface area (Å²) in [6.45, 7) is 1.80. The van der Waals surface area contributed by atoms with Crippen LogP contribution in [0.3, 0.4) is 0 Å². The van der Waals surface area contributed by atoms with E-state index in [0.29, 0.717) is 34.6 Å². The Kier molecular flexibility index (Phi) is 4.56. The molecule has 1 heterocycles. The summed E-state index contributed by atoms with van der Waals surface area (Å²) in [6.07, 6.45) is 2.13. The molecule has 0 unspecified atom stereocenters. The van der Waals surface area contributed by atoms with Crippen LogP contribution in [0.1, 0.15) is 44.9 Å². The molecule has 0 saturated heterocycles. The molecule has 1 aliphatic rings. The van der Waals surface area contributed by atoms with Crippen molar-refractivity contribution in [1.82, 2.24) is 10.3 Å². The molecule has 1 aliphatic carbocycles. The maximum absolute atomic E-state index is 12.5. The van der Waals surface area contributed by atoms with Crippen molar-refractivity contribution in [3.63, 3.8) is 0 Å². The van der Waals surface area contributed by atoms with Gasteiger partial charge in [0.15, 0.2) is 5.78 Å². The molecule has 0 aliphatic heterocycles. The van der Waals surface area contributed by atoms with E-state index in [4.69, 9.17) is 0 Å². The molecular weight excluding hydrogens is 320 g/mol. The van der Waals surface area contributed by atoms with Crippen molar-refractivity contribution in [3.05, 3.63) is 46.8 Å². The molecule has 7 heteroatoms. The smallest absolute Gasteiger partial charge is 0.318 e. The van der Waals surface area contributed by atoms with Crippen molar-refractivity contribution < 1.29 is 14.4 Å². The Morgan fingerprint density at radius 2 is 1.68 bits per heavy atom. The van der Waals surface area contributed by atoms with Crippen LogP contribution in [0.25, 0.3) is 0 Å². The highest BCUT2D eigenvalue weighted by Gasteiger charge is 2.26. The van der Waals surface area contributed by atoms with E-state index in [0.717, 1.165) is 18.5 Å². The quantitative estimate of drug-likeness (QED) is 0.691.